The van der Waals surface area contributed by atoms with E-state index in [1.807, 2.05) is 6.92 Å². The summed E-state index contributed by atoms with van der Waals surface area (Å²) in [5.74, 6) is -0.155. The highest BCUT2D eigenvalue weighted by molar-refractivity contribution is 6.31. The molecule has 1 N–H and O–H groups in total. The van der Waals surface area contributed by atoms with Gasteiger partial charge in [-0.05, 0) is 31.5 Å². The topological polar surface area (TPSA) is 55.1 Å². The molecular weight excluding hydrogens is 240 g/mol. The van der Waals surface area contributed by atoms with E-state index in [4.69, 9.17) is 16.1 Å². The number of nitrogens with zero attached hydrogens (tertiary/aromatic N) is 1. The summed E-state index contributed by atoms with van der Waals surface area (Å²) in [6.07, 6.45) is 0. The predicted molar refractivity (Wildman–Crippen MR) is 65.4 cm³/mol. The van der Waals surface area contributed by atoms with Crippen molar-refractivity contribution in [1.29, 1.82) is 0 Å². The van der Waals surface area contributed by atoms with E-state index in [9.17, 15) is 4.79 Å². The van der Waals surface area contributed by atoms with E-state index in [1.54, 1.807) is 31.2 Å². The minimum Gasteiger partial charge on any atom is -0.351 e. The SMILES string of the molecule is Cc1cc(C(=O)Nc2cccc(Cl)c2C)on1. The first kappa shape index (κ1) is 11.7. The number of halogens is 1. The van der Waals surface area contributed by atoms with E-state index in [1.165, 1.54) is 0 Å². The second-order valence-electron chi connectivity index (χ2n) is 3.70. The first-order valence-electron chi connectivity index (χ1n) is 5.07. The van der Waals surface area contributed by atoms with E-state index in [0.717, 1.165) is 5.56 Å². The molecule has 0 bridgehead atoms. The van der Waals surface area contributed by atoms with Crippen LogP contribution < -0.4 is 5.32 Å². The van der Waals surface area contributed by atoms with Gasteiger partial charge in [-0.15, -0.1) is 0 Å². The van der Waals surface area contributed by atoms with E-state index < -0.39 is 0 Å². The maximum absolute atomic E-state index is 11.8. The summed E-state index contributed by atoms with van der Waals surface area (Å²) in [4.78, 5) is 11.8. The quantitative estimate of drug-likeness (QED) is 0.891. The Morgan fingerprint density at radius 2 is 2.18 bits per heavy atom. The van der Waals surface area contributed by atoms with Crippen LogP contribution in [0.2, 0.25) is 5.02 Å². The van der Waals surface area contributed by atoms with Gasteiger partial charge in [-0.25, -0.2) is 0 Å². The van der Waals surface area contributed by atoms with Gasteiger partial charge in [0.05, 0.1) is 5.69 Å². The van der Waals surface area contributed by atoms with Crippen LogP contribution in [0.4, 0.5) is 5.69 Å². The molecule has 0 aliphatic rings. The van der Waals surface area contributed by atoms with Crippen LogP contribution in [0.1, 0.15) is 21.8 Å². The molecule has 2 aromatic rings. The second-order valence-corrected chi connectivity index (χ2v) is 4.11. The minimum absolute atomic E-state index is 0.182. The summed E-state index contributed by atoms with van der Waals surface area (Å²) in [6, 6.07) is 6.90. The molecule has 0 spiro atoms. The van der Waals surface area contributed by atoms with Crippen molar-refractivity contribution in [3.63, 3.8) is 0 Å². The lowest BCUT2D eigenvalue weighted by Gasteiger charge is -2.07. The molecule has 88 valence electrons. The predicted octanol–water partition coefficient (Wildman–Crippen LogP) is 3.20. The Bertz CT molecular complexity index is 563. The third-order valence-electron chi connectivity index (χ3n) is 2.37. The van der Waals surface area contributed by atoms with Crippen molar-refractivity contribution in [2.24, 2.45) is 0 Å². The molecule has 17 heavy (non-hydrogen) atoms. The number of benzene rings is 1. The third-order valence-corrected chi connectivity index (χ3v) is 2.78. The third kappa shape index (κ3) is 2.47. The summed E-state index contributed by atoms with van der Waals surface area (Å²) >= 11 is 5.96. The maximum Gasteiger partial charge on any atom is 0.294 e. The number of aromatic nitrogens is 1. The fraction of sp³-hybridized carbons (Fsp3) is 0.167. The Kier molecular flexibility index (Phi) is 3.15. The molecule has 0 saturated heterocycles. The number of carbonyl (C=O) groups excluding carboxylic acids is 1. The van der Waals surface area contributed by atoms with Crippen molar-refractivity contribution in [3.8, 4) is 0 Å². The molecule has 0 unspecified atom stereocenters. The first-order valence-corrected chi connectivity index (χ1v) is 5.45. The lowest BCUT2D eigenvalue weighted by molar-refractivity contribution is 0.0988. The van der Waals surface area contributed by atoms with Crippen LogP contribution in [0.15, 0.2) is 28.8 Å². The van der Waals surface area contributed by atoms with Crippen molar-refractivity contribution in [2.45, 2.75) is 13.8 Å². The highest BCUT2D eigenvalue weighted by Crippen LogP contribution is 2.23. The highest BCUT2D eigenvalue weighted by atomic mass is 35.5. The molecule has 0 aliphatic heterocycles. The number of aryl methyl sites for hydroxylation is 1. The van der Waals surface area contributed by atoms with Gasteiger partial charge >= 0.3 is 0 Å². The van der Waals surface area contributed by atoms with Gasteiger partial charge in [0, 0.05) is 16.8 Å². The molecule has 1 heterocycles. The average molecular weight is 251 g/mol. The zero-order valence-corrected chi connectivity index (χ0v) is 10.2. The minimum atomic E-state index is -0.337. The number of rotatable bonds is 2. The van der Waals surface area contributed by atoms with Gasteiger partial charge in [0.1, 0.15) is 0 Å². The first-order chi connectivity index (χ1) is 8.08. The zero-order valence-electron chi connectivity index (χ0n) is 9.45. The molecule has 2 rings (SSSR count). The number of hydrogen-bond acceptors (Lipinski definition) is 3. The molecule has 0 saturated carbocycles. The van der Waals surface area contributed by atoms with Crippen molar-refractivity contribution in [2.75, 3.05) is 5.32 Å². The molecule has 0 aliphatic carbocycles. The van der Waals surface area contributed by atoms with E-state index in [-0.39, 0.29) is 11.7 Å². The summed E-state index contributed by atoms with van der Waals surface area (Å²) in [6.45, 7) is 3.59. The number of anilines is 1. The monoisotopic (exact) mass is 250 g/mol. The van der Waals surface area contributed by atoms with E-state index >= 15 is 0 Å². The summed E-state index contributed by atoms with van der Waals surface area (Å²) in [5, 5.41) is 6.99. The number of hydrogen-bond donors (Lipinski definition) is 1. The fourth-order valence-corrected chi connectivity index (χ4v) is 1.57. The molecular formula is C12H11ClN2O2. The molecule has 1 aromatic heterocycles. The average Bonchev–Trinajstić information content (AvgIpc) is 2.72. The van der Waals surface area contributed by atoms with Crippen molar-refractivity contribution in [1.82, 2.24) is 5.16 Å². The molecule has 4 nitrogen and oxygen atoms in total. The van der Waals surface area contributed by atoms with E-state index in [0.29, 0.717) is 16.4 Å². The Hall–Kier alpha value is -1.81. The largest absolute Gasteiger partial charge is 0.351 e. The number of carbonyl (C=O) groups is 1. The van der Waals surface area contributed by atoms with Gasteiger partial charge in [0.2, 0.25) is 5.76 Å². The summed E-state index contributed by atoms with van der Waals surface area (Å²) in [7, 11) is 0. The van der Waals surface area contributed by atoms with Crippen LogP contribution in [-0.4, -0.2) is 11.1 Å². The molecule has 5 heteroatoms. The zero-order chi connectivity index (χ0) is 12.4. The van der Waals surface area contributed by atoms with Gasteiger partial charge in [0.25, 0.3) is 5.91 Å². The maximum atomic E-state index is 11.8. The van der Waals surface area contributed by atoms with Crippen LogP contribution in [-0.2, 0) is 0 Å². The van der Waals surface area contributed by atoms with Gasteiger partial charge in [-0.1, -0.05) is 22.8 Å². The van der Waals surface area contributed by atoms with Crippen LogP contribution in [0, 0.1) is 13.8 Å². The summed E-state index contributed by atoms with van der Waals surface area (Å²) in [5.41, 5.74) is 2.15. The van der Waals surface area contributed by atoms with Gasteiger partial charge in [-0.2, -0.15) is 0 Å². The Labute approximate surface area is 104 Å². The molecule has 1 aromatic carbocycles. The second kappa shape index (κ2) is 4.59. The van der Waals surface area contributed by atoms with Gasteiger partial charge in [0.15, 0.2) is 0 Å². The molecule has 0 radical (unpaired) electrons. The fourth-order valence-electron chi connectivity index (χ4n) is 1.40. The Morgan fingerprint density at radius 3 is 2.82 bits per heavy atom. The highest BCUT2D eigenvalue weighted by Gasteiger charge is 2.13. The number of amides is 1. The van der Waals surface area contributed by atoms with Crippen molar-refractivity contribution >= 4 is 23.2 Å². The van der Waals surface area contributed by atoms with Gasteiger partial charge < -0.3 is 9.84 Å². The van der Waals surface area contributed by atoms with Crippen LogP contribution in [0.5, 0.6) is 0 Å². The lowest BCUT2D eigenvalue weighted by atomic mass is 10.2. The van der Waals surface area contributed by atoms with Crippen LogP contribution >= 0.6 is 11.6 Å². The van der Waals surface area contributed by atoms with Crippen LogP contribution in [0.25, 0.3) is 0 Å². The van der Waals surface area contributed by atoms with Crippen LogP contribution in [0.3, 0.4) is 0 Å². The van der Waals surface area contributed by atoms with Gasteiger partial charge in [-0.3, -0.25) is 4.79 Å². The number of nitrogens with one attached hydrogen (secondary N) is 1. The van der Waals surface area contributed by atoms with E-state index in [2.05, 4.69) is 10.5 Å². The van der Waals surface area contributed by atoms with Crippen molar-refractivity contribution < 1.29 is 9.32 Å². The smallest absolute Gasteiger partial charge is 0.294 e. The van der Waals surface area contributed by atoms with Crippen molar-refractivity contribution in [3.05, 3.63) is 46.3 Å². The summed E-state index contributed by atoms with van der Waals surface area (Å²) < 4.78 is 4.87. The Balaban J connectivity index is 2.21. The molecule has 0 atom stereocenters. The normalized spacial score (nSPS) is 10.3. The molecule has 0 fully saturated rings. The lowest BCUT2D eigenvalue weighted by Crippen LogP contribution is -2.11. The standard InChI is InChI=1S/C12H11ClN2O2/c1-7-6-11(17-15-7)12(16)14-10-5-3-4-9(13)8(10)2/h3-6H,1-2H3,(H,14,16). The Morgan fingerprint density at radius 1 is 1.41 bits per heavy atom. The molecule has 1 amide bonds.